The summed E-state index contributed by atoms with van der Waals surface area (Å²) in [4.78, 5) is 20.7. The second-order valence-electron chi connectivity index (χ2n) is 7.16. The molecule has 2 heterocycles. The number of hydrogen-bond acceptors (Lipinski definition) is 6. The molecule has 2 aromatic carbocycles. The van der Waals surface area contributed by atoms with E-state index < -0.39 is 0 Å². The van der Waals surface area contributed by atoms with Crippen LogP contribution in [0, 0.1) is 5.82 Å². The van der Waals surface area contributed by atoms with E-state index in [1.807, 2.05) is 0 Å². The quantitative estimate of drug-likeness (QED) is 0.346. The highest BCUT2D eigenvalue weighted by atomic mass is 35.5. The zero-order chi connectivity index (χ0) is 23.2. The molecule has 8 nitrogen and oxygen atoms in total. The summed E-state index contributed by atoms with van der Waals surface area (Å²) in [6.45, 7) is 0.296. The Kier molecular flexibility index (Phi) is 7.01. The van der Waals surface area contributed by atoms with Crippen LogP contribution in [0.3, 0.4) is 0 Å². The molecule has 170 valence electrons. The fraction of sp³-hybridized carbons (Fsp3) is 0.174. The van der Waals surface area contributed by atoms with Gasteiger partial charge in [-0.3, -0.25) is 4.79 Å². The van der Waals surface area contributed by atoms with Gasteiger partial charge in [-0.1, -0.05) is 23.7 Å². The molecule has 0 aliphatic carbocycles. The second-order valence-corrected chi connectivity index (χ2v) is 7.57. The lowest BCUT2D eigenvalue weighted by Gasteiger charge is -2.13. The number of anilines is 2. The van der Waals surface area contributed by atoms with E-state index in [0.717, 1.165) is 0 Å². The number of nitrogens with zero attached hydrogens (tertiary/aromatic N) is 3. The highest BCUT2D eigenvalue weighted by Gasteiger charge is 2.13. The van der Waals surface area contributed by atoms with Crippen molar-refractivity contribution in [2.75, 3.05) is 18.5 Å². The molecule has 1 amide bonds. The van der Waals surface area contributed by atoms with Crippen molar-refractivity contribution in [2.24, 2.45) is 0 Å². The topological polar surface area (TPSA) is 101 Å². The lowest BCUT2D eigenvalue weighted by molar-refractivity contribution is -0.121. The van der Waals surface area contributed by atoms with Crippen LogP contribution >= 0.6 is 11.6 Å². The van der Waals surface area contributed by atoms with Crippen LogP contribution in [0.5, 0.6) is 5.75 Å². The summed E-state index contributed by atoms with van der Waals surface area (Å²) in [5, 5.41) is 15.1. The normalized spacial score (nSPS) is 10.9. The Morgan fingerprint density at radius 3 is 2.85 bits per heavy atom. The SMILES string of the molecule is O=C(Cn1ccc2ncnc(Nc3ccc(OCc4cccc(F)c4)c(Cl)c3)c21)NCCO. The number of aromatic nitrogens is 3. The molecule has 33 heavy (non-hydrogen) atoms. The Balaban J connectivity index is 1.50. The van der Waals surface area contributed by atoms with Crippen molar-refractivity contribution in [1.29, 1.82) is 0 Å². The van der Waals surface area contributed by atoms with Gasteiger partial charge < -0.3 is 25.0 Å². The fourth-order valence-electron chi connectivity index (χ4n) is 3.28. The summed E-state index contributed by atoms with van der Waals surface area (Å²) < 4.78 is 20.8. The van der Waals surface area contributed by atoms with Gasteiger partial charge in [0, 0.05) is 18.4 Å². The maximum Gasteiger partial charge on any atom is 0.240 e. The fourth-order valence-corrected chi connectivity index (χ4v) is 3.52. The predicted molar refractivity (Wildman–Crippen MR) is 123 cm³/mol. The summed E-state index contributed by atoms with van der Waals surface area (Å²) in [6, 6.07) is 13.1. The summed E-state index contributed by atoms with van der Waals surface area (Å²) in [5.41, 5.74) is 2.68. The first-order chi connectivity index (χ1) is 16.0. The molecule has 4 aromatic rings. The van der Waals surface area contributed by atoms with Crippen LogP contribution in [-0.4, -0.2) is 38.7 Å². The van der Waals surface area contributed by atoms with Crippen LogP contribution < -0.4 is 15.4 Å². The van der Waals surface area contributed by atoms with Crippen molar-refractivity contribution in [3.8, 4) is 5.75 Å². The van der Waals surface area contributed by atoms with Gasteiger partial charge in [-0.15, -0.1) is 0 Å². The van der Waals surface area contributed by atoms with Crippen molar-refractivity contribution in [2.45, 2.75) is 13.2 Å². The molecule has 0 radical (unpaired) electrons. The van der Waals surface area contributed by atoms with Crippen LogP contribution in [0.2, 0.25) is 5.02 Å². The van der Waals surface area contributed by atoms with Crippen molar-refractivity contribution >= 4 is 40.0 Å². The maximum atomic E-state index is 13.3. The number of hydrogen-bond donors (Lipinski definition) is 3. The molecule has 0 bridgehead atoms. The second kappa shape index (κ2) is 10.3. The zero-order valence-corrected chi connectivity index (χ0v) is 18.2. The Morgan fingerprint density at radius 2 is 2.06 bits per heavy atom. The van der Waals surface area contributed by atoms with Gasteiger partial charge in [-0.25, -0.2) is 14.4 Å². The standard InChI is InChI=1S/C23H21ClFN5O3/c24-18-11-17(4-5-20(18)33-13-15-2-1-3-16(25)10-15)29-23-22-19(27-14-28-23)6-8-30(22)12-21(32)26-7-9-31/h1-6,8,10-11,14,31H,7,9,12-13H2,(H,26,32)(H,27,28,29). The van der Waals surface area contributed by atoms with E-state index in [0.29, 0.717) is 38.9 Å². The van der Waals surface area contributed by atoms with Crippen LogP contribution in [0.1, 0.15) is 5.56 Å². The first kappa shape index (κ1) is 22.5. The number of carbonyl (C=O) groups excluding carboxylic acids is 1. The molecule has 0 aliphatic rings. The first-order valence-electron chi connectivity index (χ1n) is 10.1. The minimum absolute atomic E-state index is 0.0547. The highest BCUT2D eigenvalue weighted by molar-refractivity contribution is 6.32. The number of fused-ring (bicyclic) bond motifs is 1. The first-order valence-corrected chi connectivity index (χ1v) is 10.5. The minimum atomic E-state index is -0.325. The number of halogens is 2. The molecular formula is C23H21ClFN5O3. The van der Waals surface area contributed by atoms with Crippen LogP contribution in [0.4, 0.5) is 15.9 Å². The molecule has 0 saturated heterocycles. The van der Waals surface area contributed by atoms with Crippen LogP contribution in [0.15, 0.2) is 61.1 Å². The van der Waals surface area contributed by atoms with E-state index in [4.69, 9.17) is 21.4 Å². The smallest absolute Gasteiger partial charge is 0.240 e. The van der Waals surface area contributed by atoms with Gasteiger partial charge >= 0.3 is 0 Å². The molecule has 0 unspecified atom stereocenters. The molecule has 0 aliphatic heterocycles. The van der Waals surface area contributed by atoms with E-state index >= 15 is 0 Å². The summed E-state index contributed by atoms with van der Waals surface area (Å²) in [7, 11) is 0. The van der Waals surface area contributed by atoms with E-state index in [-0.39, 0.29) is 38.0 Å². The van der Waals surface area contributed by atoms with Crippen molar-refractivity contribution in [1.82, 2.24) is 19.9 Å². The Morgan fingerprint density at radius 1 is 1.18 bits per heavy atom. The third kappa shape index (κ3) is 5.57. The number of rotatable bonds is 9. The molecule has 0 fully saturated rings. The number of carbonyl (C=O) groups is 1. The molecular weight excluding hydrogens is 449 g/mol. The third-order valence-electron chi connectivity index (χ3n) is 4.78. The molecule has 0 spiro atoms. The number of nitrogens with one attached hydrogen (secondary N) is 2. The average Bonchev–Trinajstić information content (AvgIpc) is 3.21. The largest absolute Gasteiger partial charge is 0.487 e. The van der Waals surface area contributed by atoms with Crippen LogP contribution in [0.25, 0.3) is 11.0 Å². The van der Waals surface area contributed by atoms with Gasteiger partial charge in [0.15, 0.2) is 5.82 Å². The number of amides is 1. The molecule has 0 saturated carbocycles. The number of ether oxygens (including phenoxy) is 1. The zero-order valence-electron chi connectivity index (χ0n) is 17.5. The van der Waals surface area contributed by atoms with E-state index in [9.17, 15) is 9.18 Å². The Hall–Kier alpha value is -3.69. The summed E-state index contributed by atoms with van der Waals surface area (Å²) >= 11 is 6.39. The number of aliphatic hydroxyl groups excluding tert-OH is 1. The van der Waals surface area contributed by atoms with Crippen molar-refractivity contribution in [3.05, 3.63) is 77.5 Å². The average molecular weight is 470 g/mol. The predicted octanol–water partition coefficient (Wildman–Crippen LogP) is 3.65. The van der Waals surface area contributed by atoms with E-state index in [2.05, 4.69) is 20.6 Å². The molecule has 3 N–H and O–H groups in total. The monoisotopic (exact) mass is 469 g/mol. The molecule has 10 heteroatoms. The van der Waals surface area contributed by atoms with Crippen molar-refractivity contribution < 1.29 is 19.0 Å². The van der Waals surface area contributed by atoms with Gasteiger partial charge in [-0.05, 0) is 42.0 Å². The van der Waals surface area contributed by atoms with Crippen molar-refractivity contribution in [3.63, 3.8) is 0 Å². The lowest BCUT2D eigenvalue weighted by Crippen LogP contribution is -2.29. The van der Waals surface area contributed by atoms with Crippen LogP contribution in [-0.2, 0) is 17.9 Å². The molecule has 4 rings (SSSR count). The van der Waals surface area contributed by atoms with Gasteiger partial charge in [-0.2, -0.15) is 0 Å². The maximum absolute atomic E-state index is 13.3. The Bertz CT molecular complexity index is 1280. The van der Waals surface area contributed by atoms with Gasteiger partial charge in [0.25, 0.3) is 0 Å². The molecule has 0 atom stereocenters. The summed E-state index contributed by atoms with van der Waals surface area (Å²) in [5.74, 6) is 0.403. The van der Waals surface area contributed by atoms with Gasteiger partial charge in [0.2, 0.25) is 5.91 Å². The highest BCUT2D eigenvalue weighted by Crippen LogP contribution is 2.31. The Labute approximate surface area is 194 Å². The molecule has 2 aromatic heterocycles. The summed E-state index contributed by atoms with van der Waals surface area (Å²) in [6.07, 6.45) is 3.18. The lowest BCUT2D eigenvalue weighted by atomic mass is 10.2. The van der Waals surface area contributed by atoms with E-state index in [1.165, 1.54) is 18.5 Å². The van der Waals surface area contributed by atoms with Gasteiger partial charge in [0.05, 0.1) is 17.1 Å². The van der Waals surface area contributed by atoms with Gasteiger partial charge in [0.1, 0.15) is 36.6 Å². The number of benzene rings is 2. The number of aliphatic hydroxyl groups is 1. The third-order valence-corrected chi connectivity index (χ3v) is 5.07. The van der Waals surface area contributed by atoms with E-state index in [1.54, 1.807) is 47.2 Å². The minimum Gasteiger partial charge on any atom is -0.487 e.